The van der Waals surface area contributed by atoms with Gasteiger partial charge >= 0.3 is 0 Å². The molecule has 0 radical (unpaired) electrons. The Morgan fingerprint density at radius 2 is 1.78 bits per heavy atom. The van der Waals surface area contributed by atoms with E-state index in [0.717, 1.165) is 29.0 Å². The van der Waals surface area contributed by atoms with E-state index in [2.05, 4.69) is 19.2 Å². The summed E-state index contributed by atoms with van der Waals surface area (Å²) >= 11 is 0. The summed E-state index contributed by atoms with van der Waals surface area (Å²) in [5.74, 6) is 1.33. The van der Waals surface area contributed by atoms with Gasteiger partial charge in [0, 0.05) is 17.7 Å². The SMILES string of the molecule is CCOc1ccccc1C(CC(C)C)NC(=O)CCc1ccccc1N.Cl. The standard InChI is InChI=1S/C22H30N2O2.ClH/c1-4-26-21-12-8-6-10-18(21)20(15-16(2)3)24-22(25)14-13-17-9-5-7-11-19(17)23;/h5-12,16,20H,4,13-15,23H2,1-3H3,(H,24,25);1H. The van der Waals surface area contributed by atoms with Gasteiger partial charge in [-0.05, 0) is 43.4 Å². The Bertz CT molecular complexity index is 719. The van der Waals surface area contributed by atoms with E-state index in [-0.39, 0.29) is 24.4 Å². The van der Waals surface area contributed by atoms with Crippen LogP contribution in [-0.4, -0.2) is 12.5 Å². The molecule has 2 rings (SSSR count). The first kappa shape index (κ1) is 22.8. The summed E-state index contributed by atoms with van der Waals surface area (Å²) in [5, 5.41) is 3.19. The van der Waals surface area contributed by atoms with Gasteiger partial charge in [0.05, 0.1) is 12.6 Å². The molecule has 0 fully saturated rings. The van der Waals surface area contributed by atoms with Crippen LogP contribution in [0.1, 0.15) is 50.8 Å². The largest absolute Gasteiger partial charge is 0.494 e. The first-order chi connectivity index (χ1) is 12.5. The van der Waals surface area contributed by atoms with Crippen molar-refractivity contribution >= 4 is 24.0 Å². The van der Waals surface area contributed by atoms with Gasteiger partial charge in [0.25, 0.3) is 0 Å². The van der Waals surface area contributed by atoms with E-state index in [1.807, 2.05) is 55.5 Å². The Balaban J connectivity index is 0.00000364. The Kier molecular flexibility index (Phi) is 9.73. The lowest BCUT2D eigenvalue weighted by Crippen LogP contribution is -2.30. The number of hydrogen-bond acceptors (Lipinski definition) is 3. The number of anilines is 1. The quantitative estimate of drug-likeness (QED) is 0.597. The monoisotopic (exact) mass is 390 g/mol. The minimum absolute atomic E-state index is 0. The number of carbonyl (C=O) groups excluding carboxylic acids is 1. The molecule has 4 nitrogen and oxygen atoms in total. The molecular formula is C22H31ClN2O2. The van der Waals surface area contributed by atoms with Crippen molar-refractivity contribution in [1.82, 2.24) is 5.32 Å². The van der Waals surface area contributed by atoms with Crippen molar-refractivity contribution < 1.29 is 9.53 Å². The molecule has 0 aliphatic heterocycles. The van der Waals surface area contributed by atoms with Crippen molar-refractivity contribution in [3.63, 3.8) is 0 Å². The summed E-state index contributed by atoms with van der Waals surface area (Å²) in [6, 6.07) is 15.6. The molecule has 0 spiro atoms. The summed E-state index contributed by atoms with van der Waals surface area (Å²) in [4.78, 5) is 12.6. The Labute approximate surface area is 168 Å². The number of ether oxygens (including phenoxy) is 1. The molecule has 1 atom stereocenters. The minimum atomic E-state index is -0.0571. The van der Waals surface area contributed by atoms with Crippen LogP contribution >= 0.6 is 12.4 Å². The second-order valence-corrected chi connectivity index (χ2v) is 6.92. The number of nitrogen functional groups attached to an aromatic ring is 1. The van der Waals surface area contributed by atoms with Gasteiger partial charge in [-0.1, -0.05) is 50.2 Å². The van der Waals surface area contributed by atoms with Gasteiger partial charge in [0.2, 0.25) is 5.91 Å². The average Bonchev–Trinajstić information content (AvgIpc) is 2.61. The van der Waals surface area contributed by atoms with E-state index >= 15 is 0 Å². The van der Waals surface area contributed by atoms with E-state index in [0.29, 0.717) is 25.4 Å². The average molecular weight is 391 g/mol. The number of amides is 1. The lowest BCUT2D eigenvalue weighted by molar-refractivity contribution is -0.121. The molecule has 5 heteroatoms. The number of nitrogens with one attached hydrogen (secondary N) is 1. The zero-order valence-electron chi connectivity index (χ0n) is 16.4. The Morgan fingerprint density at radius 1 is 1.11 bits per heavy atom. The van der Waals surface area contributed by atoms with Crippen LogP contribution in [-0.2, 0) is 11.2 Å². The summed E-state index contributed by atoms with van der Waals surface area (Å²) in [5.41, 5.74) is 8.76. The number of nitrogens with two attached hydrogens (primary N) is 1. The summed E-state index contributed by atoms with van der Waals surface area (Å²) in [6.45, 7) is 6.89. The maximum absolute atomic E-state index is 12.6. The molecule has 0 aliphatic rings. The van der Waals surface area contributed by atoms with E-state index in [1.54, 1.807) is 0 Å². The molecule has 2 aromatic rings. The first-order valence-corrected chi connectivity index (χ1v) is 9.35. The maximum Gasteiger partial charge on any atom is 0.220 e. The lowest BCUT2D eigenvalue weighted by atomic mass is 9.96. The molecular weight excluding hydrogens is 360 g/mol. The Hall–Kier alpha value is -2.20. The number of carbonyl (C=O) groups is 1. The van der Waals surface area contributed by atoms with Gasteiger partial charge in [0.1, 0.15) is 5.75 Å². The predicted octanol–water partition coefficient (Wildman–Crippen LogP) is 4.93. The third-order valence-corrected chi connectivity index (χ3v) is 4.31. The van der Waals surface area contributed by atoms with Crippen LogP contribution in [0.3, 0.4) is 0 Å². The van der Waals surface area contributed by atoms with Crippen LogP contribution in [0.15, 0.2) is 48.5 Å². The number of aryl methyl sites for hydroxylation is 1. The Morgan fingerprint density at radius 3 is 2.44 bits per heavy atom. The van der Waals surface area contributed by atoms with Crippen molar-refractivity contribution in [3.05, 3.63) is 59.7 Å². The number of halogens is 1. The van der Waals surface area contributed by atoms with Crippen molar-refractivity contribution in [2.75, 3.05) is 12.3 Å². The van der Waals surface area contributed by atoms with Crippen molar-refractivity contribution in [3.8, 4) is 5.75 Å². The highest BCUT2D eigenvalue weighted by molar-refractivity contribution is 5.85. The minimum Gasteiger partial charge on any atom is -0.494 e. The highest BCUT2D eigenvalue weighted by Gasteiger charge is 2.19. The topological polar surface area (TPSA) is 64.3 Å². The fourth-order valence-electron chi connectivity index (χ4n) is 3.07. The van der Waals surface area contributed by atoms with Gasteiger partial charge in [-0.25, -0.2) is 0 Å². The van der Waals surface area contributed by atoms with Crippen LogP contribution in [0.4, 0.5) is 5.69 Å². The third-order valence-electron chi connectivity index (χ3n) is 4.31. The molecule has 0 saturated carbocycles. The van der Waals surface area contributed by atoms with Crippen molar-refractivity contribution in [2.45, 2.75) is 46.1 Å². The molecule has 2 aromatic carbocycles. The molecule has 1 unspecified atom stereocenters. The van der Waals surface area contributed by atoms with E-state index in [1.165, 1.54) is 0 Å². The van der Waals surface area contributed by atoms with Gasteiger partial charge in [-0.15, -0.1) is 12.4 Å². The number of rotatable bonds is 9. The second-order valence-electron chi connectivity index (χ2n) is 6.92. The number of hydrogen-bond donors (Lipinski definition) is 2. The molecule has 0 aromatic heterocycles. The highest BCUT2D eigenvalue weighted by atomic mass is 35.5. The fraction of sp³-hybridized carbons (Fsp3) is 0.409. The molecule has 0 aliphatic carbocycles. The molecule has 148 valence electrons. The molecule has 0 bridgehead atoms. The summed E-state index contributed by atoms with van der Waals surface area (Å²) in [7, 11) is 0. The van der Waals surface area contributed by atoms with Crippen LogP contribution < -0.4 is 15.8 Å². The normalized spacial score (nSPS) is 11.6. The van der Waals surface area contributed by atoms with Gasteiger partial charge < -0.3 is 15.8 Å². The van der Waals surface area contributed by atoms with Crippen LogP contribution in [0, 0.1) is 5.92 Å². The second kappa shape index (κ2) is 11.5. The van der Waals surface area contributed by atoms with E-state index in [4.69, 9.17) is 10.5 Å². The van der Waals surface area contributed by atoms with Crippen LogP contribution in [0.25, 0.3) is 0 Å². The first-order valence-electron chi connectivity index (χ1n) is 9.35. The molecule has 1 amide bonds. The summed E-state index contributed by atoms with van der Waals surface area (Å²) in [6.07, 6.45) is 1.92. The zero-order chi connectivity index (χ0) is 18.9. The van der Waals surface area contributed by atoms with Crippen LogP contribution in [0.2, 0.25) is 0 Å². The van der Waals surface area contributed by atoms with Gasteiger partial charge in [-0.3, -0.25) is 4.79 Å². The number of benzene rings is 2. The molecule has 0 saturated heterocycles. The lowest BCUT2D eigenvalue weighted by Gasteiger charge is -2.23. The molecule has 3 N–H and O–H groups in total. The fourth-order valence-corrected chi connectivity index (χ4v) is 3.07. The predicted molar refractivity (Wildman–Crippen MR) is 114 cm³/mol. The van der Waals surface area contributed by atoms with Crippen molar-refractivity contribution in [1.29, 1.82) is 0 Å². The van der Waals surface area contributed by atoms with Gasteiger partial charge in [-0.2, -0.15) is 0 Å². The number of para-hydroxylation sites is 2. The smallest absolute Gasteiger partial charge is 0.220 e. The van der Waals surface area contributed by atoms with Crippen LogP contribution in [0.5, 0.6) is 5.75 Å². The van der Waals surface area contributed by atoms with Crippen molar-refractivity contribution in [2.24, 2.45) is 5.92 Å². The molecule has 0 heterocycles. The molecule has 27 heavy (non-hydrogen) atoms. The zero-order valence-corrected chi connectivity index (χ0v) is 17.2. The van der Waals surface area contributed by atoms with Gasteiger partial charge in [0.15, 0.2) is 0 Å². The highest BCUT2D eigenvalue weighted by Crippen LogP contribution is 2.29. The van der Waals surface area contributed by atoms with E-state index in [9.17, 15) is 4.79 Å². The maximum atomic E-state index is 12.6. The third kappa shape index (κ3) is 7.14. The summed E-state index contributed by atoms with van der Waals surface area (Å²) < 4.78 is 5.76. The van der Waals surface area contributed by atoms with E-state index < -0.39 is 0 Å².